The van der Waals surface area contributed by atoms with Crippen LogP contribution >= 0.6 is 0 Å². The van der Waals surface area contributed by atoms with Crippen molar-refractivity contribution in [2.24, 2.45) is 0 Å². The molecule has 0 saturated carbocycles. The number of amides is 2. The molecule has 5 heteroatoms. The largest absolute Gasteiger partial charge is 0.357 e. The topological polar surface area (TPSA) is 65.2 Å². The summed E-state index contributed by atoms with van der Waals surface area (Å²) in [6.45, 7) is 0.730. The number of fused-ring (bicyclic) bond motifs is 1. The number of carbonyl (C=O) groups is 2. The minimum absolute atomic E-state index is 0.0404. The van der Waals surface area contributed by atoms with Gasteiger partial charge in [-0.15, -0.1) is 0 Å². The average molecular weight is 233 g/mol. The maximum Gasteiger partial charge on any atom is 0.270 e. The van der Waals surface area contributed by atoms with Crippen molar-refractivity contribution in [2.75, 3.05) is 6.54 Å². The SMILES string of the molecule is O=C1CC[C@@H]2[C@@H](CCN2C(=O)c2ccc[nH]2)N1. The Morgan fingerprint density at radius 2 is 2.29 bits per heavy atom. The van der Waals surface area contributed by atoms with Gasteiger partial charge in [0.2, 0.25) is 5.91 Å². The summed E-state index contributed by atoms with van der Waals surface area (Å²) < 4.78 is 0. The molecule has 0 aliphatic carbocycles. The Morgan fingerprint density at radius 1 is 1.41 bits per heavy atom. The third-order valence-corrected chi connectivity index (χ3v) is 3.65. The van der Waals surface area contributed by atoms with Gasteiger partial charge < -0.3 is 15.2 Å². The highest BCUT2D eigenvalue weighted by atomic mass is 16.2. The van der Waals surface area contributed by atoms with Gasteiger partial charge in [-0.2, -0.15) is 0 Å². The monoisotopic (exact) mass is 233 g/mol. The Balaban J connectivity index is 1.77. The molecule has 5 nitrogen and oxygen atoms in total. The Bertz CT molecular complexity index is 441. The van der Waals surface area contributed by atoms with E-state index in [9.17, 15) is 9.59 Å². The molecule has 0 spiro atoms. The smallest absolute Gasteiger partial charge is 0.270 e. The first-order chi connectivity index (χ1) is 8.25. The van der Waals surface area contributed by atoms with E-state index in [1.807, 2.05) is 11.0 Å². The maximum atomic E-state index is 12.2. The second kappa shape index (κ2) is 3.91. The maximum absolute atomic E-state index is 12.2. The van der Waals surface area contributed by atoms with Crippen molar-refractivity contribution < 1.29 is 9.59 Å². The summed E-state index contributed by atoms with van der Waals surface area (Å²) in [5, 5.41) is 2.97. The van der Waals surface area contributed by atoms with Crippen molar-refractivity contribution in [2.45, 2.75) is 31.3 Å². The van der Waals surface area contributed by atoms with Gasteiger partial charge in [0.15, 0.2) is 0 Å². The minimum atomic E-state index is 0.0404. The van der Waals surface area contributed by atoms with Crippen LogP contribution in [0, 0.1) is 0 Å². The predicted molar refractivity (Wildman–Crippen MR) is 61.4 cm³/mol. The molecule has 2 aliphatic heterocycles. The lowest BCUT2D eigenvalue weighted by molar-refractivity contribution is -0.123. The third kappa shape index (κ3) is 1.71. The Labute approximate surface area is 99.2 Å². The van der Waals surface area contributed by atoms with E-state index in [0.717, 1.165) is 19.4 Å². The molecule has 0 radical (unpaired) electrons. The van der Waals surface area contributed by atoms with Crippen molar-refractivity contribution >= 4 is 11.8 Å². The van der Waals surface area contributed by atoms with Crippen LogP contribution in [-0.4, -0.2) is 40.3 Å². The Kier molecular flexibility index (Phi) is 2.39. The van der Waals surface area contributed by atoms with Gasteiger partial charge in [0, 0.05) is 19.2 Å². The number of piperidine rings is 1. The number of aromatic amines is 1. The number of likely N-dealkylation sites (tertiary alicyclic amines) is 1. The highest BCUT2D eigenvalue weighted by Gasteiger charge is 2.40. The fraction of sp³-hybridized carbons (Fsp3) is 0.500. The van der Waals surface area contributed by atoms with Crippen molar-refractivity contribution in [3.05, 3.63) is 24.0 Å². The highest BCUT2D eigenvalue weighted by molar-refractivity contribution is 5.93. The molecule has 17 heavy (non-hydrogen) atoms. The molecule has 1 aromatic heterocycles. The van der Waals surface area contributed by atoms with E-state index in [1.165, 1.54) is 0 Å². The first-order valence-electron chi connectivity index (χ1n) is 5.99. The fourth-order valence-corrected chi connectivity index (χ4v) is 2.81. The van der Waals surface area contributed by atoms with Crippen LogP contribution in [0.4, 0.5) is 0 Å². The van der Waals surface area contributed by atoms with Gasteiger partial charge in [-0.05, 0) is 25.0 Å². The van der Waals surface area contributed by atoms with Crippen molar-refractivity contribution in [3.63, 3.8) is 0 Å². The van der Waals surface area contributed by atoms with Crippen LogP contribution < -0.4 is 5.32 Å². The van der Waals surface area contributed by atoms with Gasteiger partial charge in [-0.3, -0.25) is 9.59 Å². The molecular formula is C12H15N3O2. The van der Waals surface area contributed by atoms with Crippen LogP contribution in [0.25, 0.3) is 0 Å². The van der Waals surface area contributed by atoms with Crippen LogP contribution in [0.1, 0.15) is 29.8 Å². The number of hydrogen-bond donors (Lipinski definition) is 2. The lowest BCUT2D eigenvalue weighted by Crippen LogP contribution is -2.50. The zero-order valence-electron chi connectivity index (χ0n) is 9.48. The lowest BCUT2D eigenvalue weighted by atomic mass is 9.99. The predicted octanol–water partition coefficient (Wildman–Crippen LogP) is 0.508. The first kappa shape index (κ1) is 10.4. The van der Waals surface area contributed by atoms with Crippen molar-refractivity contribution in [1.82, 2.24) is 15.2 Å². The molecule has 90 valence electrons. The fourth-order valence-electron chi connectivity index (χ4n) is 2.81. The number of rotatable bonds is 1. The third-order valence-electron chi connectivity index (χ3n) is 3.65. The molecule has 0 unspecified atom stereocenters. The van der Waals surface area contributed by atoms with Crippen LogP contribution in [0.5, 0.6) is 0 Å². The van der Waals surface area contributed by atoms with Crippen LogP contribution in [0.3, 0.4) is 0 Å². The van der Waals surface area contributed by atoms with E-state index in [-0.39, 0.29) is 23.9 Å². The molecule has 2 amide bonds. The number of nitrogens with one attached hydrogen (secondary N) is 2. The molecule has 2 N–H and O–H groups in total. The Morgan fingerprint density at radius 3 is 3.06 bits per heavy atom. The number of H-pyrrole nitrogens is 1. The van der Waals surface area contributed by atoms with E-state index in [1.54, 1.807) is 12.3 Å². The van der Waals surface area contributed by atoms with Gasteiger partial charge in [-0.25, -0.2) is 0 Å². The molecule has 1 aromatic rings. The molecule has 2 fully saturated rings. The highest BCUT2D eigenvalue weighted by Crippen LogP contribution is 2.26. The summed E-state index contributed by atoms with van der Waals surface area (Å²) in [7, 11) is 0. The summed E-state index contributed by atoms with van der Waals surface area (Å²) in [5.74, 6) is 0.152. The number of hydrogen-bond acceptors (Lipinski definition) is 2. The zero-order valence-corrected chi connectivity index (χ0v) is 9.48. The molecular weight excluding hydrogens is 218 g/mol. The zero-order chi connectivity index (χ0) is 11.8. The quantitative estimate of drug-likeness (QED) is 0.742. The summed E-state index contributed by atoms with van der Waals surface area (Å²) in [6, 6.07) is 3.93. The van der Waals surface area contributed by atoms with Crippen LogP contribution in [0.2, 0.25) is 0 Å². The van der Waals surface area contributed by atoms with Gasteiger partial charge in [0.25, 0.3) is 5.91 Å². The van der Waals surface area contributed by atoms with E-state index in [2.05, 4.69) is 10.3 Å². The second-order valence-corrected chi connectivity index (χ2v) is 4.65. The molecule has 2 saturated heterocycles. The second-order valence-electron chi connectivity index (χ2n) is 4.65. The number of carbonyl (C=O) groups excluding carboxylic acids is 2. The van der Waals surface area contributed by atoms with Gasteiger partial charge in [0.1, 0.15) is 5.69 Å². The van der Waals surface area contributed by atoms with E-state index < -0.39 is 0 Å². The van der Waals surface area contributed by atoms with Gasteiger partial charge in [0.05, 0.1) is 12.1 Å². The van der Waals surface area contributed by atoms with E-state index in [4.69, 9.17) is 0 Å². The minimum Gasteiger partial charge on any atom is -0.357 e. The summed E-state index contributed by atoms with van der Waals surface area (Å²) in [6.07, 6.45) is 3.92. The van der Waals surface area contributed by atoms with Gasteiger partial charge in [-0.1, -0.05) is 0 Å². The Hall–Kier alpha value is -1.78. The number of aromatic nitrogens is 1. The molecule has 2 atom stereocenters. The molecule has 0 bridgehead atoms. The molecule has 2 aliphatic rings. The van der Waals surface area contributed by atoms with E-state index >= 15 is 0 Å². The lowest BCUT2D eigenvalue weighted by Gasteiger charge is -2.31. The average Bonchev–Trinajstić information content (AvgIpc) is 2.96. The molecule has 3 heterocycles. The van der Waals surface area contributed by atoms with Crippen molar-refractivity contribution in [3.8, 4) is 0 Å². The normalized spacial score (nSPS) is 27.8. The van der Waals surface area contributed by atoms with Crippen LogP contribution in [0.15, 0.2) is 18.3 Å². The molecule has 3 rings (SSSR count). The van der Waals surface area contributed by atoms with Crippen LogP contribution in [-0.2, 0) is 4.79 Å². The standard InChI is InChI=1S/C12H15N3O2/c16-11-4-3-10-8(14-11)5-7-15(10)12(17)9-2-1-6-13-9/h1-2,6,8,10,13H,3-5,7H2,(H,14,16)/t8-,10-/m1/s1. The van der Waals surface area contributed by atoms with Gasteiger partial charge >= 0.3 is 0 Å². The summed E-state index contributed by atoms with van der Waals surface area (Å²) >= 11 is 0. The number of nitrogens with zero attached hydrogens (tertiary/aromatic N) is 1. The van der Waals surface area contributed by atoms with E-state index in [0.29, 0.717) is 12.1 Å². The molecule has 0 aromatic carbocycles. The van der Waals surface area contributed by atoms with Crippen molar-refractivity contribution in [1.29, 1.82) is 0 Å². The summed E-state index contributed by atoms with van der Waals surface area (Å²) in [5.41, 5.74) is 0.627. The first-order valence-corrected chi connectivity index (χ1v) is 5.99. The summed E-state index contributed by atoms with van der Waals surface area (Å²) in [4.78, 5) is 28.3.